The summed E-state index contributed by atoms with van der Waals surface area (Å²) in [5.74, 6) is 0.357. The minimum atomic E-state index is -0.829. The summed E-state index contributed by atoms with van der Waals surface area (Å²) < 4.78 is 25.6. The van der Waals surface area contributed by atoms with Crippen molar-refractivity contribution in [2.24, 2.45) is 7.05 Å². The van der Waals surface area contributed by atoms with Crippen molar-refractivity contribution in [1.29, 1.82) is 0 Å². The molecule has 49 heavy (non-hydrogen) atoms. The Labute approximate surface area is 283 Å². The number of carboxylic acids is 1. The van der Waals surface area contributed by atoms with E-state index in [2.05, 4.69) is 53.2 Å². The summed E-state index contributed by atoms with van der Waals surface area (Å²) in [5.41, 5.74) is 3.83. The predicted octanol–water partition coefficient (Wildman–Crippen LogP) is 7.10. The van der Waals surface area contributed by atoms with E-state index in [0.717, 1.165) is 47.9 Å². The predicted molar refractivity (Wildman–Crippen MR) is 182 cm³/mol. The van der Waals surface area contributed by atoms with Crippen LogP contribution in [0.2, 0.25) is 0 Å². The molecule has 252 valence electrons. The number of rotatable bonds is 4. The molecule has 6 aromatic rings. The van der Waals surface area contributed by atoms with Gasteiger partial charge in [0.15, 0.2) is 23.2 Å². The number of hydrogen-bond acceptors (Lipinski definition) is 7. The SMILES string of the molecule is Cn1nc2nc1-c1cc(ccn1)Oc1c(F)cc3[nH]ccc3c1Cn1cc(nn1)C(C)(C)CCCC[C@]2(C)c1cccc(CCC(=O)O)c1. The van der Waals surface area contributed by atoms with Gasteiger partial charge in [0.25, 0.3) is 0 Å². The van der Waals surface area contributed by atoms with E-state index in [-0.39, 0.29) is 24.1 Å². The molecule has 0 spiro atoms. The van der Waals surface area contributed by atoms with Gasteiger partial charge in [-0.25, -0.2) is 18.7 Å². The Balaban J connectivity index is 1.34. The highest BCUT2D eigenvalue weighted by Crippen LogP contribution is 2.39. The quantitative estimate of drug-likeness (QED) is 0.204. The maximum absolute atomic E-state index is 15.8. The second kappa shape index (κ2) is 12.6. The van der Waals surface area contributed by atoms with Crippen LogP contribution in [0, 0.1) is 5.82 Å². The van der Waals surface area contributed by atoms with Gasteiger partial charge in [0.2, 0.25) is 0 Å². The van der Waals surface area contributed by atoms with Crippen molar-refractivity contribution >= 4 is 16.9 Å². The van der Waals surface area contributed by atoms with E-state index in [9.17, 15) is 9.90 Å². The van der Waals surface area contributed by atoms with Gasteiger partial charge in [-0.2, -0.15) is 5.10 Å². The largest absolute Gasteiger partial charge is 0.481 e. The number of hydrogen-bond donors (Lipinski definition) is 2. The smallest absolute Gasteiger partial charge is 0.303 e. The number of fused-ring (bicyclic) bond motifs is 10. The Hall–Kier alpha value is -5.39. The molecule has 0 fully saturated rings. The average Bonchev–Trinajstić information content (AvgIpc) is 3.84. The number of nitrogens with zero attached hydrogens (tertiary/aromatic N) is 7. The number of ether oxygens (including phenoxy) is 1. The standard InChI is InChI=1S/C37H39FN8O3/c1-36(2)14-5-6-15-37(3,24-9-7-8-23(18-24)10-11-32(47)48)35-41-34(45(4)43-35)30-19-25(12-16-40-30)49-33-27(21-46-22-31(36)42-44-46)26-13-17-39-29(26)20-28(33)38/h7-9,12-13,16-20,22,39H,5-6,10-11,14-15,21H2,1-4H3,(H,47,48)/t37-/m1/s1. The van der Waals surface area contributed by atoms with Gasteiger partial charge < -0.3 is 14.8 Å². The molecular formula is C37H39FN8O3. The molecule has 5 heterocycles. The fourth-order valence-corrected chi connectivity index (χ4v) is 6.77. The summed E-state index contributed by atoms with van der Waals surface area (Å²) in [6.45, 7) is 6.75. The zero-order valence-electron chi connectivity index (χ0n) is 28.1. The van der Waals surface area contributed by atoms with Crippen LogP contribution >= 0.6 is 0 Å². The van der Waals surface area contributed by atoms with Crippen LogP contribution in [0.5, 0.6) is 11.5 Å². The van der Waals surface area contributed by atoms with Crippen LogP contribution < -0.4 is 4.74 Å². The van der Waals surface area contributed by atoms with Gasteiger partial charge in [-0.3, -0.25) is 9.78 Å². The number of carbonyl (C=O) groups is 1. The fourth-order valence-electron chi connectivity index (χ4n) is 6.77. The number of carboxylic acid groups (broad SMARTS) is 1. The highest BCUT2D eigenvalue weighted by Gasteiger charge is 2.35. The molecule has 2 N–H and O–H groups in total. The number of nitrogens with one attached hydrogen (secondary N) is 1. The number of pyridine rings is 1. The molecule has 1 aliphatic rings. The molecular weight excluding hydrogens is 623 g/mol. The number of aromatic amines is 1. The van der Waals surface area contributed by atoms with Crippen LogP contribution in [0.3, 0.4) is 0 Å². The first-order chi connectivity index (χ1) is 23.5. The fraction of sp³-hybridized carbons (Fsp3) is 0.351. The van der Waals surface area contributed by atoms with Gasteiger partial charge in [0, 0.05) is 66.1 Å². The minimum absolute atomic E-state index is 0.0559. The topological polar surface area (TPSA) is 137 Å². The van der Waals surface area contributed by atoms with E-state index in [1.807, 2.05) is 31.4 Å². The second-order valence-electron chi connectivity index (χ2n) is 13.8. The van der Waals surface area contributed by atoms with Crippen LogP contribution in [0.15, 0.2) is 67.1 Å². The van der Waals surface area contributed by atoms with E-state index in [0.29, 0.717) is 40.6 Å². The molecule has 0 saturated heterocycles. The highest BCUT2D eigenvalue weighted by molar-refractivity contribution is 5.85. The molecule has 4 aromatic heterocycles. The first-order valence-corrected chi connectivity index (χ1v) is 16.6. The first-order valence-electron chi connectivity index (χ1n) is 16.6. The van der Waals surface area contributed by atoms with E-state index >= 15 is 4.39 Å². The number of aryl methyl sites for hydroxylation is 2. The molecule has 12 heteroatoms. The lowest BCUT2D eigenvalue weighted by Gasteiger charge is -2.29. The summed E-state index contributed by atoms with van der Waals surface area (Å²) in [7, 11) is 1.84. The Kier molecular flexibility index (Phi) is 8.25. The van der Waals surface area contributed by atoms with Crippen molar-refractivity contribution in [1.82, 2.24) is 39.7 Å². The molecule has 7 rings (SSSR count). The lowest BCUT2D eigenvalue weighted by atomic mass is 9.75. The molecule has 0 radical (unpaired) electrons. The molecule has 0 saturated carbocycles. The summed E-state index contributed by atoms with van der Waals surface area (Å²) in [4.78, 5) is 24.1. The van der Waals surface area contributed by atoms with Crippen LogP contribution in [0.1, 0.15) is 81.1 Å². The zero-order chi connectivity index (χ0) is 34.3. The Morgan fingerprint density at radius 2 is 1.94 bits per heavy atom. The maximum atomic E-state index is 15.8. The van der Waals surface area contributed by atoms with Gasteiger partial charge in [-0.1, -0.05) is 56.2 Å². The minimum Gasteiger partial charge on any atom is -0.481 e. The van der Waals surface area contributed by atoms with Gasteiger partial charge in [0.05, 0.1) is 17.7 Å². The molecule has 6 bridgehead atoms. The lowest BCUT2D eigenvalue weighted by Crippen LogP contribution is -2.26. The van der Waals surface area contributed by atoms with Crippen molar-refractivity contribution in [2.75, 3.05) is 0 Å². The third kappa shape index (κ3) is 6.30. The summed E-state index contributed by atoms with van der Waals surface area (Å²) in [5, 5.41) is 24.1. The Morgan fingerprint density at radius 3 is 2.78 bits per heavy atom. The molecule has 2 aromatic carbocycles. The summed E-state index contributed by atoms with van der Waals surface area (Å²) in [6.07, 6.45) is 9.27. The molecule has 1 atom stereocenters. The van der Waals surface area contributed by atoms with E-state index in [1.54, 1.807) is 33.9 Å². The van der Waals surface area contributed by atoms with Crippen molar-refractivity contribution in [2.45, 2.75) is 76.7 Å². The number of benzene rings is 2. The van der Waals surface area contributed by atoms with Crippen molar-refractivity contribution in [3.05, 3.63) is 101 Å². The maximum Gasteiger partial charge on any atom is 0.303 e. The van der Waals surface area contributed by atoms with Gasteiger partial charge >= 0.3 is 5.97 Å². The summed E-state index contributed by atoms with van der Waals surface area (Å²) >= 11 is 0. The van der Waals surface area contributed by atoms with Crippen molar-refractivity contribution < 1.29 is 19.0 Å². The molecule has 1 aliphatic heterocycles. The molecule has 0 unspecified atom stereocenters. The van der Waals surface area contributed by atoms with Crippen LogP contribution in [0.25, 0.3) is 22.4 Å². The third-order valence-electron chi connectivity index (χ3n) is 9.78. The average molecular weight is 663 g/mol. The van der Waals surface area contributed by atoms with Crippen molar-refractivity contribution in [3.63, 3.8) is 0 Å². The third-order valence-corrected chi connectivity index (χ3v) is 9.78. The van der Waals surface area contributed by atoms with E-state index < -0.39 is 17.2 Å². The first kappa shape index (κ1) is 32.2. The van der Waals surface area contributed by atoms with E-state index in [1.165, 1.54) is 6.07 Å². The number of H-pyrrole nitrogens is 1. The number of aliphatic carboxylic acids is 1. The normalized spacial score (nSPS) is 17.8. The zero-order valence-corrected chi connectivity index (χ0v) is 28.1. The Morgan fingerprint density at radius 1 is 1.10 bits per heavy atom. The molecule has 11 nitrogen and oxygen atoms in total. The monoisotopic (exact) mass is 662 g/mol. The van der Waals surface area contributed by atoms with Crippen LogP contribution in [0.4, 0.5) is 4.39 Å². The molecule has 0 aliphatic carbocycles. The van der Waals surface area contributed by atoms with Gasteiger partial charge in [0.1, 0.15) is 11.4 Å². The van der Waals surface area contributed by atoms with Crippen molar-refractivity contribution in [3.8, 4) is 23.0 Å². The highest BCUT2D eigenvalue weighted by atomic mass is 19.1. The summed E-state index contributed by atoms with van der Waals surface area (Å²) in [6, 6.07) is 14.9. The second-order valence-corrected chi connectivity index (χ2v) is 13.8. The lowest BCUT2D eigenvalue weighted by molar-refractivity contribution is -0.136. The van der Waals surface area contributed by atoms with Gasteiger partial charge in [-0.05, 0) is 49.4 Å². The van der Waals surface area contributed by atoms with E-state index in [4.69, 9.17) is 14.8 Å². The number of aromatic nitrogens is 8. The Bertz CT molecular complexity index is 2170. The van der Waals surface area contributed by atoms with Crippen LogP contribution in [-0.4, -0.2) is 50.8 Å². The van der Waals surface area contributed by atoms with Gasteiger partial charge in [-0.15, -0.1) is 5.10 Å². The molecule has 0 amide bonds. The van der Waals surface area contributed by atoms with Crippen LogP contribution in [-0.2, 0) is 35.6 Å². The number of halogens is 1.